The number of para-hydroxylation sites is 2. The van der Waals surface area contributed by atoms with E-state index in [1.165, 1.54) is 87.5 Å². The van der Waals surface area contributed by atoms with Gasteiger partial charge in [0, 0.05) is 38.8 Å². The summed E-state index contributed by atoms with van der Waals surface area (Å²) < 4.78 is 2.42. The molecule has 2 heteroatoms. The molecule has 59 heavy (non-hydrogen) atoms. The van der Waals surface area contributed by atoms with Gasteiger partial charge in [0.25, 0.3) is 0 Å². The van der Waals surface area contributed by atoms with Crippen LogP contribution in [-0.2, 0) is 5.41 Å². The standard InChI is InChI=1S/C57H40N2/c1-57(2)51-34-41-18-9-8-17-40(41)33-50(51)47-29-27-44(35-52(47)57)58(45-28-30-49-48-22-12-13-23-53(48)59(55(49)36-45)43-19-4-3-5-20-43)54-31-26-38-15-10-11-21-46(38)56(54)42-25-24-37-14-6-7-16-39(37)32-42/h3-36H,1-2H3. The number of hydrogen-bond acceptors (Lipinski definition) is 1. The van der Waals surface area contributed by atoms with Gasteiger partial charge in [0.05, 0.1) is 16.7 Å². The lowest BCUT2D eigenvalue weighted by atomic mass is 9.81. The SMILES string of the molecule is CC1(C)c2cc(N(c3ccc4c5ccccc5n(-c5ccccc5)c4c3)c3ccc4ccccc4c3-c3ccc4ccccc4c3)ccc2-c2cc3ccccc3cc21. The van der Waals surface area contributed by atoms with Crippen molar-refractivity contribution < 1.29 is 0 Å². The van der Waals surface area contributed by atoms with Gasteiger partial charge in [-0.2, -0.15) is 0 Å². The first-order valence-corrected chi connectivity index (χ1v) is 20.6. The van der Waals surface area contributed by atoms with Crippen molar-refractivity contribution in [2.45, 2.75) is 19.3 Å². The van der Waals surface area contributed by atoms with E-state index in [1.807, 2.05) is 0 Å². The molecule has 1 aromatic heterocycles. The van der Waals surface area contributed by atoms with Crippen molar-refractivity contribution in [3.63, 3.8) is 0 Å². The van der Waals surface area contributed by atoms with Crippen LogP contribution in [0.15, 0.2) is 206 Å². The van der Waals surface area contributed by atoms with E-state index in [9.17, 15) is 0 Å². The molecule has 0 spiro atoms. The predicted octanol–water partition coefficient (Wildman–Crippen LogP) is 15.7. The molecule has 0 atom stereocenters. The third kappa shape index (κ3) is 5.13. The molecule has 0 saturated heterocycles. The summed E-state index contributed by atoms with van der Waals surface area (Å²) in [5.41, 5.74) is 14.5. The van der Waals surface area contributed by atoms with E-state index in [4.69, 9.17) is 0 Å². The Morgan fingerprint density at radius 3 is 1.80 bits per heavy atom. The van der Waals surface area contributed by atoms with E-state index < -0.39 is 0 Å². The molecule has 0 aliphatic heterocycles. The maximum Gasteiger partial charge on any atom is 0.0561 e. The zero-order valence-electron chi connectivity index (χ0n) is 33.0. The molecule has 0 N–H and O–H groups in total. The van der Waals surface area contributed by atoms with E-state index in [1.54, 1.807) is 0 Å². The van der Waals surface area contributed by atoms with Gasteiger partial charge in [0.2, 0.25) is 0 Å². The molecular formula is C57H40N2. The van der Waals surface area contributed by atoms with Crippen LogP contribution in [0.4, 0.5) is 17.1 Å². The second kappa shape index (κ2) is 12.8. The van der Waals surface area contributed by atoms with Crippen molar-refractivity contribution in [3.05, 3.63) is 217 Å². The second-order valence-corrected chi connectivity index (χ2v) is 16.6. The van der Waals surface area contributed by atoms with Crippen LogP contribution in [0.25, 0.3) is 82.1 Å². The topological polar surface area (TPSA) is 8.17 Å². The Bertz CT molecular complexity index is 3480. The van der Waals surface area contributed by atoms with E-state index in [0.29, 0.717) is 0 Å². The lowest BCUT2D eigenvalue weighted by molar-refractivity contribution is 0.661. The van der Waals surface area contributed by atoms with Gasteiger partial charge in [-0.15, -0.1) is 0 Å². The zero-order chi connectivity index (χ0) is 39.2. The maximum absolute atomic E-state index is 2.51. The fourth-order valence-corrected chi connectivity index (χ4v) is 10.0. The Morgan fingerprint density at radius 1 is 0.390 bits per heavy atom. The molecule has 0 amide bonds. The van der Waals surface area contributed by atoms with E-state index in [2.05, 4.69) is 230 Å². The molecule has 2 nitrogen and oxygen atoms in total. The van der Waals surface area contributed by atoms with Crippen molar-refractivity contribution in [2.24, 2.45) is 0 Å². The number of hydrogen-bond donors (Lipinski definition) is 0. The molecule has 0 unspecified atom stereocenters. The Hall–Kier alpha value is -7.42. The number of anilines is 3. The molecule has 11 aromatic rings. The van der Waals surface area contributed by atoms with Crippen LogP contribution in [0.5, 0.6) is 0 Å². The highest BCUT2D eigenvalue weighted by atomic mass is 15.1. The lowest BCUT2D eigenvalue weighted by Crippen LogP contribution is -2.17. The monoisotopic (exact) mass is 752 g/mol. The van der Waals surface area contributed by atoms with Gasteiger partial charge in [0.1, 0.15) is 0 Å². The summed E-state index contributed by atoms with van der Waals surface area (Å²) in [5.74, 6) is 0. The quantitative estimate of drug-likeness (QED) is 0.170. The van der Waals surface area contributed by atoms with Gasteiger partial charge in [-0.05, 0) is 127 Å². The van der Waals surface area contributed by atoms with Gasteiger partial charge in [-0.25, -0.2) is 0 Å². The van der Waals surface area contributed by atoms with E-state index in [0.717, 1.165) is 22.7 Å². The first-order chi connectivity index (χ1) is 29.0. The minimum atomic E-state index is -0.190. The van der Waals surface area contributed by atoms with Crippen LogP contribution in [-0.4, -0.2) is 4.57 Å². The highest BCUT2D eigenvalue weighted by Crippen LogP contribution is 2.53. The van der Waals surface area contributed by atoms with Crippen molar-refractivity contribution in [3.8, 4) is 27.9 Å². The summed E-state index contributed by atoms with van der Waals surface area (Å²) >= 11 is 0. The molecule has 12 rings (SSSR count). The number of rotatable bonds is 5. The second-order valence-electron chi connectivity index (χ2n) is 16.6. The minimum Gasteiger partial charge on any atom is -0.310 e. The summed E-state index contributed by atoms with van der Waals surface area (Å²) in [6.07, 6.45) is 0. The summed E-state index contributed by atoms with van der Waals surface area (Å²) in [6.45, 7) is 4.78. The molecule has 0 saturated carbocycles. The molecule has 1 heterocycles. The van der Waals surface area contributed by atoms with Crippen molar-refractivity contribution >= 4 is 71.2 Å². The molecule has 278 valence electrons. The molecule has 10 aromatic carbocycles. The Balaban J connectivity index is 1.15. The predicted molar refractivity (Wildman–Crippen MR) is 251 cm³/mol. The van der Waals surface area contributed by atoms with Crippen LogP contribution in [0.2, 0.25) is 0 Å². The summed E-state index contributed by atoms with van der Waals surface area (Å²) in [6, 6.07) is 76.4. The fourth-order valence-electron chi connectivity index (χ4n) is 10.0. The highest BCUT2D eigenvalue weighted by molar-refractivity contribution is 6.12. The molecule has 1 aliphatic carbocycles. The number of aromatic nitrogens is 1. The minimum absolute atomic E-state index is 0.190. The first-order valence-electron chi connectivity index (χ1n) is 20.6. The third-order valence-corrected chi connectivity index (χ3v) is 12.9. The molecule has 0 radical (unpaired) electrons. The average Bonchev–Trinajstić information content (AvgIpc) is 3.73. The van der Waals surface area contributed by atoms with Crippen molar-refractivity contribution in [1.29, 1.82) is 0 Å². The van der Waals surface area contributed by atoms with Crippen LogP contribution < -0.4 is 4.90 Å². The molecule has 0 fully saturated rings. The van der Waals surface area contributed by atoms with Crippen LogP contribution in [0.3, 0.4) is 0 Å². The number of fused-ring (bicyclic) bond motifs is 9. The van der Waals surface area contributed by atoms with Gasteiger partial charge >= 0.3 is 0 Å². The fraction of sp³-hybridized carbons (Fsp3) is 0.0526. The van der Waals surface area contributed by atoms with E-state index >= 15 is 0 Å². The summed E-state index contributed by atoms with van der Waals surface area (Å²) in [5, 5.41) is 9.96. The summed E-state index contributed by atoms with van der Waals surface area (Å²) in [4.78, 5) is 2.51. The molecule has 0 bridgehead atoms. The number of benzene rings is 10. The largest absolute Gasteiger partial charge is 0.310 e. The summed E-state index contributed by atoms with van der Waals surface area (Å²) in [7, 11) is 0. The Morgan fingerprint density at radius 2 is 0.983 bits per heavy atom. The van der Waals surface area contributed by atoms with Gasteiger partial charge in [0.15, 0.2) is 0 Å². The van der Waals surface area contributed by atoms with Crippen molar-refractivity contribution in [1.82, 2.24) is 4.57 Å². The van der Waals surface area contributed by atoms with E-state index in [-0.39, 0.29) is 5.41 Å². The van der Waals surface area contributed by atoms with Gasteiger partial charge in [-0.1, -0.05) is 153 Å². The lowest BCUT2D eigenvalue weighted by Gasteiger charge is -2.30. The van der Waals surface area contributed by atoms with Crippen LogP contribution in [0.1, 0.15) is 25.0 Å². The first kappa shape index (κ1) is 33.7. The zero-order valence-corrected chi connectivity index (χ0v) is 33.0. The Kier molecular flexibility index (Phi) is 7.31. The normalized spacial score (nSPS) is 13.1. The van der Waals surface area contributed by atoms with Gasteiger partial charge < -0.3 is 9.47 Å². The van der Waals surface area contributed by atoms with Gasteiger partial charge in [-0.3, -0.25) is 0 Å². The highest BCUT2D eigenvalue weighted by Gasteiger charge is 2.36. The average molecular weight is 753 g/mol. The van der Waals surface area contributed by atoms with Crippen LogP contribution in [0, 0.1) is 0 Å². The molecular weight excluding hydrogens is 713 g/mol. The van der Waals surface area contributed by atoms with Crippen LogP contribution >= 0.6 is 0 Å². The smallest absolute Gasteiger partial charge is 0.0561 e. The molecule has 1 aliphatic rings. The maximum atomic E-state index is 2.51. The van der Waals surface area contributed by atoms with Crippen molar-refractivity contribution in [2.75, 3.05) is 4.90 Å². The Labute approximate surface area is 343 Å². The number of nitrogens with zero attached hydrogens (tertiary/aromatic N) is 2. The third-order valence-electron chi connectivity index (χ3n) is 12.9.